The van der Waals surface area contributed by atoms with E-state index in [-0.39, 0.29) is 23.7 Å². The second-order valence-electron chi connectivity index (χ2n) is 4.18. The molecule has 0 atom stereocenters. The monoisotopic (exact) mass is 365 g/mol. The third-order valence-electron chi connectivity index (χ3n) is 2.28. The topological polar surface area (TPSA) is 29.1 Å². The molecule has 0 aliphatic rings. The highest BCUT2D eigenvalue weighted by Gasteiger charge is 2.23. The van der Waals surface area contributed by atoms with Gasteiger partial charge in [-0.3, -0.25) is 4.79 Å². The molecule has 1 N–H and O–H groups in total. The highest BCUT2D eigenvalue weighted by atomic mass is 79.9. The summed E-state index contributed by atoms with van der Waals surface area (Å²) in [6.07, 6.45) is 0.188. The van der Waals surface area contributed by atoms with Crippen molar-refractivity contribution in [1.82, 2.24) is 5.32 Å². The normalized spacial score (nSPS) is 11.3. The first kappa shape index (κ1) is 14.6. The summed E-state index contributed by atoms with van der Waals surface area (Å²) in [7, 11) is 0. The largest absolute Gasteiger partial charge is 0.349 e. The average Bonchev–Trinajstić information content (AvgIpc) is 2.28. The van der Waals surface area contributed by atoms with E-state index in [0.29, 0.717) is 16.2 Å². The highest BCUT2D eigenvalue weighted by molar-refractivity contribution is 9.09. The van der Waals surface area contributed by atoms with E-state index in [9.17, 15) is 9.18 Å². The number of nitrogens with one attached hydrogen (secondary N) is 1. The van der Waals surface area contributed by atoms with Gasteiger partial charge >= 0.3 is 0 Å². The molecule has 0 radical (unpaired) electrons. The SMILES string of the molecule is CC(CBr)(CBr)NC(=O)Cc1cccc(F)c1. The molecule has 0 fully saturated rings. The van der Waals surface area contributed by atoms with Crippen LogP contribution in [0.5, 0.6) is 0 Å². The predicted molar refractivity (Wildman–Crippen MR) is 74.2 cm³/mol. The number of alkyl halides is 2. The fraction of sp³-hybridized carbons (Fsp3) is 0.417. The molecular weight excluding hydrogens is 353 g/mol. The van der Waals surface area contributed by atoms with Crippen molar-refractivity contribution in [3.8, 4) is 0 Å². The zero-order valence-corrected chi connectivity index (χ0v) is 12.6. The lowest BCUT2D eigenvalue weighted by atomic mass is 10.1. The van der Waals surface area contributed by atoms with Crippen LogP contribution in [0.3, 0.4) is 0 Å². The Labute approximate surface area is 117 Å². The number of amides is 1. The molecule has 1 amide bonds. The molecule has 0 saturated carbocycles. The van der Waals surface area contributed by atoms with E-state index in [0.717, 1.165) is 0 Å². The minimum Gasteiger partial charge on any atom is -0.349 e. The summed E-state index contributed by atoms with van der Waals surface area (Å²) >= 11 is 6.71. The number of hydrogen-bond donors (Lipinski definition) is 1. The van der Waals surface area contributed by atoms with E-state index in [1.165, 1.54) is 12.1 Å². The Morgan fingerprint density at radius 1 is 1.41 bits per heavy atom. The third kappa shape index (κ3) is 4.76. The Bertz CT molecular complexity index is 394. The van der Waals surface area contributed by atoms with E-state index in [2.05, 4.69) is 37.2 Å². The van der Waals surface area contributed by atoms with Gasteiger partial charge in [0, 0.05) is 10.7 Å². The lowest BCUT2D eigenvalue weighted by molar-refractivity contribution is -0.121. The Hall–Kier alpha value is -0.420. The van der Waals surface area contributed by atoms with E-state index in [4.69, 9.17) is 0 Å². The summed E-state index contributed by atoms with van der Waals surface area (Å²) in [6, 6.07) is 6.08. The van der Waals surface area contributed by atoms with Crippen LogP contribution >= 0.6 is 31.9 Å². The fourth-order valence-corrected chi connectivity index (χ4v) is 2.52. The first-order valence-electron chi connectivity index (χ1n) is 5.16. The van der Waals surface area contributed by atoms with Gasteiger partial charge in [0.15, 0.2) is 0 Å². The molecule has 0 aliphatic carbocycles. The van der Waals surface area contributed by atoms with Crippen LogP contribution in [0.2, 0.25) is 0 Å². The highest BCUT2D eigenvalue weighted by Crippen LogP contribution is 2.12. The summed E-state index contributed by atoms with van der Waals surface area (Å²) in [6.45, 7) is 1.93. The van der Waals surface area contributed by atoms with Gasteiger partial charge in [-0.1, -0.05) is 44.0 Å². The van der Waals surface area contributed by atoms with Crippen molar-refractivity contribution >= 4 is 37.8 Å². The summed E-state index contributed by atoms with van der Waals surface area (Å²) in [5.74, 6) is -0.434. The molecule has 1 aromatic rings. The molecular formula is C12H14Br2FNO. The van der Waals surface area contributed by atoms with Crippen molar-refractivity contribution in [2.24, 2.45) is 0 Å². The van der Waals surface area contributed by atoms with Crippen LogP contribution < -0.4 is 5.32 Å². The summed E-state index contributed by atoms with van der Waals surface area (Å²) in [5, 5.41) is 4.21. The van der Waals surface area contributed by atoms with E-state index in [1.807, 2.05) is 6.92 Å². The van der Waals surface area contributed by atoms with Gasteiger partial charge in [0.1, 0.15) is 5.82 Å². The van der Waals surface area contributed by atoms with E-state index < -0.39 is 0 Å². The fourth-order valence-electron chi connectivity index (χ4n) is 1.32. The van der Waals surface area contributed by atoms with Crippen LogP contribution in [0.1, 0.15) is 12.5 Å². The Morgan fingerprint density at radius 3 is 2.59 bits per heavy atom. The van der Waals surface area contributed by atoms with Gasteiger partial charge in [0.05, 0.1) is 12.0 Å². The van der Waals surface area contributed by atoms with Crippen molar-refractivity contribution in [1.29, 1.82) is 0 Å². The lowest BCUT2D eigenvalue weighted by Crippen LogP contribution is -2.49. The van der Waals surface area contributed by atoms with Crippen LogP contribution in [-0.4, -0.2) is 22.1 Å². The Morgan fingerprint density at radius 2 is 2.06 bits per heavy atom. The van der Waals surface area contributed by atoms with E-state index >= 15 is 0 Å². The molecule has 94 valence electrons. The molecule has 5 heteroatoms. The number of hydrogen-bond acceptors (Lipinski definition) is 1. The quantitative estimate of drug-likeness (QED) is 0.797. The van der Waals surface area contributed by atoms with E-state index in [1.54, 1.807) is 12.1 Å². The molecule has 0 aliphatic heterocycles. The van der Waals surface area contributed by atoms with Crippen LogP contribution in [0.15, 0.2) is 24.3 Å². The molecule has 2 nitrogen and oxygen atoms in total. The molecule has 17 heavy (non-hydrogen) atoms. The number of benzene rings is 1. The smallest absolute Gasteiger partial charge is 0.224 e. The number of halogens is 3. The van der Waals surface area contributed by atoms with Crippen molar-refractivity contribution in [2.75, 3.05) is 10.7 Å². The predicted octanol–water partition coefficient (Wildman–Crippen LogP) is 3.03. The van der Waals surface area contributed by atoms with Gasteiger partial charge in [-0.2, -0.15) is 0 Å². The Kier molecular flexibility index (Phi) is 5.59. The second kappa shape index (κ2) is 6.50. The van der Waals surface area contributed by atoms with Crippen LogP contribution in [0, 0.1) is 5.82 Å². The van der Waals surface area contributed by atoms with Crippen molar-refractivity contribution in [3.63, 3.8) is 0 Å². The first-order valence-corrected chi connectivity index (χ1v) is 7.41. The molecule has 0 spiro atoms. The van der Waals surface area contributed by atoms with Gasteiger partial charge in [0.2, 0.25) is 5.91 Å². The standard InChI is InChI=1S/C12H14Br2FNO/c1-12(7-13,8-14)16-11(17)6-9-3-2-4-10(15)5-9/h2-5H,6-8H2,1H3,(H,16,17). The average molecular weight is 367 g/mol. The lowest BCUT2D eigenvalue weighted by Gasteiger charge is -2.26. The van der Waals surface area contributed by atoms with Gasteiger partial charge in [0.25, 0.3) is 0 Å². The third-order valence-corrected chi connectivity index (χ3v) is 4.76. The van der Waals surface area contributed by atoms with Gasteiger partial charge < -0.3 is 5.32 Å². The summed E-state index contributed by atoms with van der Waals surface area (Å²) in [4.78, 5) is 11.8. The zero-order chi connectivity index (χ0) is 12.9. The van der Waals surface area contributed by atoms with Gasteiger partial charge in [-0.25, -0.2) is 4.39 Å². The molecule has 0 bridgehead atoms. The van der Waals surface area contributed by atoms with Crippen molar-refractivity contribution in [3.05, 3.63) is 35.6 Å². The molecule has 0 aromatic heterocycles. The van der Waals surface area contributed by atoms with Crippen LogP contribution in [0.25, 0.3) is 0 Å². The summed E-state index contributed by atoms with van der Waals surface area (Å²) in [5.41, 5.74) is 0.346. The van der Waals surface area contributed by atoms with Gasteiger partial charge in [-0.05, 0) is 24.6 Å². The second-order valence-corrected chi connectivity index (χ2v) is 5.30. The number of carbonyl (C=O) groups excluding carboxylic acids is 1. The maximum absolute atomic E-state index is 12.9. The Balaban J connectivity index is 2.61. The minimum atomic E-state index is -0.329. The molecule has 0 saturated heterocycles. The van der Waals surface area contributed by atoms with Crippen LogP contribution in [0.4, 0.5) is 4.39 Å². The van der Waals surface area contributed by atoms with Crippen LogP contribution in [-0.2, 0) is 11.2 Å². The summed E-state index contributed by atoms with van der Waals surface area (Å²) < 4.78 is 12.9. The zero-order valence-electron chi connectivity index (χ0n) is 9.47. The number of rotatable bonds is 5. The maximum atomic E-state index is 12.9. The minimum absolute atomic E-state index is 0.114. The first-order chi connectivity index (χ1) is 7.99. The van der Waals surface area contributed by atoms with Gasteiger partial charge in [-0.15, -0.1) is 0 Å². The van der Waals surface area contributed by atoms with Crippen molar-refractivity contribution < 1.29 is 9.18 Å². The molecule has 1 rings (SSSR count). The van der Waals surface area contributed by atoms with Crippen molar-refractivity contribution in [2.45, 2.75) is 18.9 Å². The molecule has 0 unspecified atom stereocenters. The number of carbonyl (C=O) groups is 1. The maximum Gasteiger partial charge on any atom is 0.224 e. The molecule has 0 heterocycles. The molecule has 1 aromatic carbocycles.